The van der Waals surface area contributed by atoms with Crippen LogP contribution in [0.4, 0.5) is 0 Å². The van der Waals surface area contributed by atoms with E-state index in [0.717, 1.165) is 29.2 Å². The van der Waals surface area contributed by atoms with Gasteiger partial charge < -0.3 is 0 Å². The highest BCUT2D eigenvalue weighted by Gasteiger charge is 2.39. The maximum Gasteiger partial charge on any atom is 0.0359 e. The minimum Gasteiger partial charge on any atom is -0.296 e. The van der Waals surface area contributed by atoms with Gasteiger partial charge in [0, 0.05) is 46.3 Å². The first kappa shape index (κ1) is 11.1. The summed E-state index contributed by atoms with van der Waals surface area (Å²) in [6, 6.07) is 1.53. The van der Waals surface area contributed by atoms with Gasteiger partial charge in [0.25, 0.3) is 0 Å². The van der Waals surface area contributed by atoms with Crippen LogP contribution >= 0.6 is 15.9 Å². The van der Waals surface area contributed by atoms with Crippen LogP contribution in [0.15, 0.2) is 0 Å². The molecular weight excluding hydrogens is 262 g/mol. The number of halogens is 1. The summed E-state index contributed by atoms with van der Waals surface area (Å²) in [5.41, 5.74) is 0. The Bertz CT molecular complexity index is 222. The highest BCUT2D eigenvalue weighted by atomic mass is 79.9. The van der Waals surface area contributed by atoms with Crippen molar-refractivity contribution in [3.05, 3.63) is 0 Å². The van der Waals surface area contributed by atoms with Gasteiger partial charge in [-0.15, -0.1) is 0 Å². The van der Waals surface area contributed by atoms with Crippen LogP contribution in [-0.2, 0) is 10.8 Å². The predicted molar refractivity (Wildman–Crippen MR) is 64.4 cm³/mol. The monoisotopic (exact) mass is 279 g/mol. The summed E-state index contributed by atoms with van der Waals surface area (Å²) in [4.78, 5) is 3.32. The lowest BCUT2D eigenvalue weighted by atomic mass is 10.0. The zero-order valence-corrected chi connectivity index (χ0v) is 11.0. The smallest absolute Gasteiger partial charge is 0.0359 e. The quantitative estimate of drug-likeness (QED) is 0.734. The van der Waals surface area contributed by atoms with Crippen molar-refractivity contribution in [2.24, 2.45) is 0 Å². The van der Waals surface area contributed by atoms with Crippen LogP contribution < -0.4 is 0 Å². The fourth-order valence-electron chi connectivity index (χ4n) is 2.81. The Hall–Kier alpha value is 0.590. The molecule has 0 amide bonds. The predicted octanol–water partition coefficient (Wildman–Crippen LogP) is 1.76. The van der Waals surface area contributed by atoms with Crippen molar-refractivity contribution in [2.75, 3.05) is 18.6 Å². The zero-order valence-electron chi connectivity index (χ0n) is 8.62. The molecule has 0 saturated carbocycles. The fourth-order valence-corrected chi connectivity index (χ4v) is 4.14. The Morgan fingerprint density at radius 2 is 1.93 bits per heavy atom. The van der Waals surface area contributed by atoms with Gasteiger partial charge in [0.05, 0.1) is 0 Å². The summed E-state index contributed by atoms with van der Waals surface area (Å²) in [6.07, 6.45) is 7.07. The topological polar surface area (TPSA) is 20.3 Å². The van der Waals surface area contributed by atoms with Crippen LogP contribution in [0, 0.1) is 0 Å². The highest BCUT2D eigenvalue weighted by Crippen LogP contribution is 2.37. The molecule has 14 heavy (non-hydrogen) atoms. The van der Waals surface area contributed by atoms with E-state index in [2.05, 4.69) is 20.8 Å². The molecule has 2 saturated heterocycles. The summed E-state index contributed by atoms with van der Waals surface area (Å²) in [7, 11) is -0.631. The van der Waals surface area contributed by atoms with Crippen LogP contribution in [0.5, 0.6) is 0 Å². The molecular formula is C10H18BrNOS. The highest BCUT2D eigenvalue weighted by molar-refractivity contribution is 9.09. The van der Waals surface area contributed by atoms with Gasteiger partial charge in [-0.2, -0.15) is 0 Å². The Morgan fingerprint density at radius 3 is 2.43 bits per heavy atom. The van der Waals surface area contributed by atoms with E-state index in [0.29, 0.717) is 0 Å². The fraction of sp³-hybridized carbons (Fsp3) is 1.00. The first-order valence-electron chi connectivity index (χ1n) is 5.36. The van der Waals surface area contributed by atoms with E-state index in [9.17, 15) is 4.21 Å². The van der Waals surface area contributed by atoms with Crippen molar-refractivity contribution < 1.29 is 4.21 Å². The van der Waals surface area contributed by atoms with Crippen LogP contribution in [0.2, 0.25) is 0 Å². The Morgan fingerprint density at radius 1 is 1.36 bits per heavy atom. The van der Waals surface area contributed by atoms with Crippen LogP contribution in [0.3, 0.4) is 0 Å². The van der Waals surface area contributed by atoms with Crippen LogP contribution in [-0.4, -0.2) is 44.6 Å². The molecule has 4 heteroatoms. The van der Waals surface area contributed by atoms with Gasteiger partial charge >= 0.3 is 0 Å². The average Bonchev–Trinajstić information content (AvgIpc) is 2.34. The molecule has 2 nitrogen and oxygen atoms in total. The lowest BCUT2D eigenvalue weighted by Gasteiger charge is -2.36. The number of alkyl halides is 1. The molecule has 0 aromatic carbocycles. The van der Waals surface area contributed by atoms with E-state index in [-0.39, 0.29) is 0 Å². The van der Waals surface area contributed by atoms with Gasteiger partial charge in [-0.05, 0) is 25.7 Å². The van der Waals surface area contributed by atoms with Crippen LogP contribution in [0.25, 0.3) is 0 Å². The van der Waals surface area contributed by atoms with Gasteiger partial charge in [-0.3, -0.25) is 9.11 Å². The zero-order chi connectivity index (χ0) is 10.1. The molecule has 2 aliphatic rings. The van der Waals surface area contributed by atoms with E-state index in [1.807, 2.05) is 0 Å². The molecule has 0 aliphatic carbocycles. The third kappa shape index (κ3) is 2.39. The number of hydrogen-bond donors (Lipinski definition) is 0. The molecule has 2 rings (SSSR count). The Kier molecular flexibility index (Phi) is 3.66. The van der Waals surface area contributed by atoms with Gasteiger partial charge in [-0.25, -0.2) is 0 Å². The van der Waals surface area contributed by atoms with E-state index in [1.54, 1.807) is 6.26 Å². The standard InChI is InChI=1S/C10H18BrNOS/c1-14(13)5-4-12-9-2-3-10(12)7-8(11)6-9/h8-10H,2-7H2,1H3. The molecule has 2 heterocycles. The Balaban J connectivity index is 1.90. The van der Waals surface area contributed by atoms with Gasteiger partial charge in [0.15, 0.2) is 0 Å². The first-order chi connectivity index (χ1) is 6.66. The lowest BCUT2D eigenvalue weighted by molar-refractivity contribution is 0.155. The maximum absolute atomic E-state index is 11.1. The van der Waals surface area contributed by atoms with Gasteiger partial charge in [0.2, 0.25) is 0 Å². The third-order valence-corrected chi connectivity index (χ3v) is 4.97. The second-order valence-electron chi connectivity index (χ2n) is 4.47. The van der Waals surface area contributed by atoms with Gasteiger partial charge in [0.1, 0.15) is 0 Å². The van der Waals surface area contributed by atoms with Crippen molar-refractivity contribution >= 4 is 26.7 Å². The van der Waals surface area contributed by atoms with E-state index < -0.39 is 10.8 Å². The number of piperidine rings is 1. The van der Waals surface area contributed by atoms with Crippen molar-refractivity contribution in [1.82, 2.24) is 4.90 Å². The normalized spacial score (nSPS) is 40.0. The molecule has 3 atom stereocenters. The second kappa shape index (κ2) is 4.62. The molecule has 2 bridgehead atoms. The SMILES string of the molecule is CS(=O)CCN1C2CCC1CC(Br)C2. The summed E-state index contributed by atoms with van der Waals surface area (Å²) >= 11 is 3.73. The molecule has 0 N–H and O–H groups in total. The van der Waals surface area contributed by atoms with E-state index in [1.165, 1.54) is 25.7 Å². The van der Waals surface area contributed by atoms with Gasteiger partial charge in [-0.1, -0.05) is 15.9 Å². The molecule has 2 aliphatic heterocycles. The molecule has 82 valence electrons. The van der Waals surface area contributed by atoms with Crippen molar-refractivity contribution in [3.8, 4) is 0 Å². The summed E-state index contributed by atoms with van der Waals surface area (Å²) in [5, 5.41) is 0. The molecule has 0 aromatic heterocycles. The maximum atomic E-state index is 11.1. The molecule has 2 fully saturated rings. The second-order valence-corrected chi connectivity index (χ2v) is 7.32. The third-order valence-electron chi connectivity index (χ3n) is 3.46. The molecule has 0 aromatic rings. The summed E-state index contributed by atoms with van der Waals surface area (Å²) in [6.45, 7) is 1.04. The van der Waals surface area contributed by atoms with Crippen molar-refractivity contribution in [3.63, 3.8) is 0 Å². The Labute approximate surface area is 97.0 Å². The largest absolute Gasteiger partial charge is 0.296 e. The number of nitrogens with zero attached hydrogens (tertiary/aromatic N) is 1. The van der Waals surface area contributed by atoms with E-state index >= 15 is 0 Å². The first-order valence-corrected chi connectivity index (χ1v) is 8.01. The number of fused-ring (bicyclic) bond motifs is 2. The lowest BCUT2D eigenvalue weighted by Crippen LogP contribution is -2.44. The van der Waals surface area contributed by atoms with Crippen LogP contribution in [0.1, 0.15) is 25.7 Å². The summed E-state index contributed by atoms with van der Waals surface area (Å²) < 4.78 is 11.1. The number of hydrogen-bond acceptors (Lipinski definition) is 2. The molecule has 3 unspecified atom stereocenters. The molecule has 0 radical (unpaired) electrons. The minimum atomic E-state index is -0.631. The van der Waals surface area contributed by atoms with Crippen molar-refractivity contribution in [2.45, 2.75) is 42.6 Å². The minimum absolute atomic E-state index is 0.631. The number of rotatable bonds is 3. The van der Waals surface area contributed by atoms with Crippen molar-refractivity contribution in [1.29, 1.82) is 0 Å². The average molecular weight is 280 g/mol. The molecule has 0 spiro atoms. The summed E-state index contributed by atoms with van der Waals surface area (Å²) in [5.74, 6) is 0.847. The van der Waals surface area contributed by atoms with E-state index in [4.69, 9.17) is 0 Å².